The number of carbonyl (C=O) groups excluding carboxylic acids is 3. The van der Waals surface area contributed by atoms with Gasteiger partial charge in [0.25, 0.3) is 0 Å². The fourth-order valence-electron chi connectivity index (χ4n) is 6.42. The fourth-order valence-corrected chi connectivity index (χ4v) is 6.42. The molecule has 6 rings (SSSR count). The quantitative estimate of drug-likeness (QED) is 0.728. The maximum atomic E-state index is 13.7. The molecule has 0 saturated carbocycles. The number of likely N-dealkylation sites (tertiary alicyclic amines) is 1. The van der Waals surface area contributed by atoms with Gasteiger partial charge in [-0.1, -0.05) is 18.2 Å². The van der Waals surface area contributed by atoms with Gasteiger partial charge < -0.3 is 20.4 Å². The predicted molar refractivity (Wildman–Crippen MR) is 105 cm³/mol. The van der Waals surface area contributed by atoms with Gasteiger partial charge in [-0.15, -0.1) is 0 Å². The van der Waals surface area contributed by atoms with Crippen LogP contribution in [0.1, 0.15) is 24.8 Å². The Morgan fingerprint density at radius 2 is 2.00 bits per heavy atom. The molecule has 0 bridgehead atoms. The van der Waals surface area contributed by atoms with E-state index in [0.29, 0.717) is 19.6 Å². The molecule has 4 amide bonds. The van der Waals surface area contributed by atoms with E-state index in [9.17, 15) is 14.4 Å². The van der Waals surface area contributed by atoms with E-state index in [0.717, 1.165) is 37.1 Å². The Balaban J connectivity index is 1.35. The molecule has 4 saturated heterocycles. The largest absolute Gasteiger partial charge is 0.337 e. The number of hydrogen-bond donors (Lipinski definition) is 2. The lowest BCUT2D eigenvalue weighted by molar-refractivity contribution is -0.153. The second kappa shape index (κ2) is 5.50. The van der Waals surface area contributed by atoms with Gasteiger partial charge in [-0.25, -0.2) is 4.79 Å². The zero-order valence-electron chi connectivity index (χ0n) is 16.5. The van der Waals surface area contributed by atoms with Gasteiger partial charge in [-0.3, -0.25) is 14.5 Å². The second-order valence-corrected chi connectivity index (χ2v) is 9.18. The van der Waals surface area contributed by atoms with Crippen LogP contribution in [-0.2, 0) is 15.1 Å². The van der Waals surface area contributed by atoms with E-state index in [1.807, 2.05) is 29.2 Å². The highest BCUT2D eigenvalue weighted by molar-refractivity contribution is 6.09. The molecule has 8 heteroatoms. The highest BCUT2D eigenvalue weighted by Gasteiger charge is 2.67. The lowest BCUT2D eigenvalue weighted by Gasteiger charge is -2.52. The molecule has 2 N–H and O–H groups in total. The number of anilines is 1. The van der Waals surface area contributed by atoms with E-state index in [4.69, 9.17) is 0 Å². The molecule has 1 aromatic rings. The molecule has 1 aromatic carbocycles. The van der Waals surface area contributed by atoms with Gasteiger partial charge in [0.15, 0.2) is 0 Å². The van der Waals surface area contributed by atoms with E-state index < -0.39 is 5.54 Å². The molecule has 2 spiro atoms. The Kier molecular flexibility index (Phi) is 3.28. The van der Waals surface area contributed by atoms with Crippen LogP contribution in [0.25, 0.3) is 0 Å². The standard InChI is InChI=1S/C21H25N5O3/c1-24-19(29)22-10-20(24)11-25(12-20)17(27)15-9-13-5-4-8-26(13)21(15)14-6-2-3-7-16(14)23-18(21)28/h2-3,6-7,13,15H,4-5,8-12H2,1H3,(H,22,29)(H,23,28)/t13-,15-,21+/m1/s1. The van der Waals surface area contributed by atoms with E-state index >= 15 is 0 Å². The number of likely N-dealkylation sites (N-methyl/N-ethyl adjacent to an activating group) is 1. The van der Waals surface area contributed by atoms with Crippen molar-refractivity contribution in [3.05, 3.63) is 29.8 Å². The van der Waals surface area contributed by atoms with E-state index in [-0.39, 0.29) is 35.3 Å². The van der Waals surface area contributed by atoms with Gasteiger partial charge in [0, 0.05) is 44.0 Å². The zero-order valence-corrected chi connectivity index (χ0v) is 16.5. The number of nitrogens with zero attached hydrogens (tertiary/aromatic N) is 3. The topological polar surface area (TPSA) is 85.0 Å². The van der Waals surface area contributed by atoms with Crippen molar-refractivity contribution < 1.29 is 14.4 Å². The number of fused-ring (bicyclic) bond motifs is 4. The lowest BCUT2D eigenvalue weighted by atomic mass is 9.76. The number of para-hydroxylation sites is 1. The van der Waals surface area contributed by atoms with Crippen LogP contribution in [-0.4, -0.2) is 77.4 Å². The SMILES string of the molecule is CN1C(=O)NCC12CN(C(=O)[C@H]1C[C@H]3CCCN3[C@]13C(=O)Nc1ccccc13)C2. The van der Waals surface area contributed by atoms with Crippen molar-refractivity contribution in [1.29, 1.82) is 0 Å². The molecule has 0 radical (unpaired) electrons. The molecule has 0 aromatic heterocycles. The number of nitrogens with one attached hydrogen (secondary N) is 2. The minimum atomic E-state index is -0.896. The summed E-state index contributed by atoms with van der Waals surface area (Å²) in [6.07, 6.45) is 2.82. The van der Waals surface area contributed by atoms with Crippen molar-refractivity contribution in [2.24, 2.45) is 5.92 Å². The number of urea groups is 1. The van der Waals surface area contributed by atoms with Crippen LogP contribution in [0.3, 0.4) is 0 Å². The average Bonchev–Trinajstić information content (AvgIpc) is 3.40. The van der Waals surface area contributed by atoms with Crippen molar-refractivity contribution in [1.82, 2.24) is 20.0 Å². The normalized spacial score (nSPS) is 34.4. The summed E-state index contributed by atoms with van der Waals surface area (Å²) in [4.78, 5) is 44.8. The second-order valence-electron chi connectivity index (χ2n) is 9.18. The molecule has 0 aliphatic carbocycles. The molecule has 29 heavy (non-hydrogen) atoms. The minimum Gasteiger partial charge on any atom is -0.337 e. The molecule has 5 heterocycles. The Hall–Kier alpha value is -2.61. The van der Waals surface area contributed by atoms with Crippen LogP contribution in [0.4, 0.5) is 10.5 Å². The molecule has 8 nitrogen and oxygen atoms in total. The smallest absolute Gasteiger partial charge is 0.317 e. The minimum absolute atomic E-state index is 0.0460. The Bertz CT molecular complexity index is 942. The summed E-state index contributed by atoms with van der Waals surface area (Å²) >= 11 is 0. The number of amides is 4. The van der Waals surface area contributed by atoms with Crippen LogP contribution in [0, 0.1) is 5.92 Å². The number of hydrogen-bond acceptors (Lipinski definition) is 4. The molecule has 5 aliphatic heterocycles. The van der Waals surface area contributed by atoms with Gasteiger partial charge in [-0.2, -0.15) is 0 Å². The summed E-state index contributed by atoms with van der Waals surface area (Å²) in [7, 11) is 1.79. The monoisotopic (exact) mass is 395 g/mol. The van der Waals surface area contributed by atoms with Crippen molar-refractivity contribution in [2.45, 2.75) is 36.4 Å². The average molecular weight is 395 g/mol. The van der Waals surface area contributed by atoms with Crippen LogP contribution < -0.4 is 10.6 Å². The molecule has 3 atom stereocenters. The summed E-state index contributed by atoms with van der Waals surface area (Å²) in [5, 5.41) is 5.92. The lowest BCUT2D eigenvalue weighted by Crippen LogP contribution is -2.71. The number of benzene rings is 1. The maximum Gasteiger partial charge on any atom is 0.317 e. The summed E-state index contributed by atoms with van der Waals surface area (Å²) in [5.74, 6) is -0.402. The van der Waals surface area contributed by atoms with Gasteiger partial charge in [-0.05, 0) is 31.9 Å². The van der Waals surface area contributed by atoms with Gasteiger partial charge >= 0.3 is 6.03 Å². The number of carbonyl (C=O) groups is 3. The van der Waals surface area contributed by atoms with Crippen LogP contribution in [0.5, 0.6) is 0 Å². The van der Waals surface area contributed by atoms with Gasteiger partial charge in [0.2, 0.25) is 11.8 Å². The third-order valence-corrected chi connectivity index (χ3v) is 7.94. The van der Waals surface area contributed by atoms with Gasteiger partial charge in [0.1, 0.15) is 5.54 Å². The Morgan fingerprint density at radius 3 is 2.76 bits per heavy atom. The first kappa shape index (κ1) is 17.3. The summed E-state index contributed by atoms with van der Waals surface area (Å²) in [6.45, 7) is 2.48. The van der Waals surface area contributed by atoms with Crippen LogP contribution in [0.15, 0.2) is 24.3 Å². The molecular weight excluding hydrogens is 370 g/mol. The van der Waals surface area contributed by atoms with Crippen molar-refractivity contribution in [2.75, 3.05) is 38.5 Å². The Morgan fingerprint density at radius 1 is 1.21 bits per heavy atom. The number of rotatable bonds is 1. The van der Waals surface area contributed by atoms with Crippen molar-refractivity contribution in [3.63, 3.8) is 0 Å². The summed E-state index contributed by atoms with van der Waals surface area (Å²) in [5.41, 5.74) is 0.573. The third-order valence-electron chi connectivity index (χ3n) is 7.94. The maximum absolute atomic E-state index is 13.7. The Labute approximate surface area is 169 Å². The van der Waals surface area contributed by atoms with Gasteiger partial charge in [0.05, 0.1) is 11.5 Å². The highest BCUT2D eigenvalue weighted by atomic mass is 16.2. The van der Waals surface area contributed by atoms with E-state index in [1.165, 1.54) is 0 Å². The summed E-state index contributed by atoms with van der Waals surface area (Å²) < 4.78 is 0. The third kappa shape index (κ3) is 1.95. The molecule has 5 aliphatic rings. The van der Waals surface area contributed by atoms with E-state index in [1.54, 1.807) is 11.9 Å². The zero-order chi connectivity index (χ0) is 20.0. The highest BCUT2D eigenvalue weighted by Crippen LogP contribution is 2.56. The van der Waals surface area contributed by atoms with Crippen LogP contribution >= 0.6 is 0 Å². The van der Waals surface area contributed by atoms with Crippen molar-refractivity contribution in [3.8, 4) is 0 Å². The predicted octanol–water partition coefficient (Wildman–Crippen LogP) is 0.554. The fraction of sp³-hybridized carbons (Fsp3) is 0.571. The first-order valence-corrected chi connectivity index (χ1v) is 10.5. The van der Waals surface area contributed by atoms with Crippen LogP contribution in [0.2, 0.25) is 0 Å². The summed E-state index contributed by atoms with van der Waals surface area (Å²) in [6, 6.07) is 7.99. The first-order chi connectivity index (χ1) is 14.0. The molecule has 152 valence electrons. The van der Waals surface area contributed by atoms with Crippen molar-refractivity contribution >= 4 is 23.5 Å². The molecule has 0 unspecified atom stereocenters. The molecular formula is C21H25N5O3. The first-order valence-electron chi connectivity index (χ1n) is 10.5. The van der Waals surface area contributed by atoms with E-state index in [2.05, 4.69) is 15.5 Å². The molecule has 4 fully saturated rings.